The van der Waals surface area contributed by atoms with E-state index >= 15 is 0 Å². The molecule has 26 heavy (non-hydrogen) atoms. The summed E-state index contributed by atoms with van der Waals surface area (Å²) in [6, 6.07) is 16.9. The van der Waals surface area contributed by atoms with Gasteiger partial charge in [-0.25, -0.2) is 0 Å². The lowest BCUT2D eigenvalue weighted by atomic mass is 9.77. The minimum absolute atomic E-state index is 0.172. The van der Waals surface area contributed by atoms with Crippen molar-refractivity contribution in [3.63, 3.8) is 0 Å². The van der Waals surface area contributed by atoms with Crippen LogP contribution >= 0.6 is 0 Å². The summed E-state index contributed by atoms with van der Waals surface area (Å²) in [6.07, 6.45) is 0. The average Bonchev–Trinajstić information content (AvgIpc) is 3.26. The molecule has 2 saturated heterocycles. The van der Waals surface area contributed by atoms with Crippen LogP contribution in [0.4, 0.5) is 5.69 Å². The summed E-state index contributed by atoms with van der Waals surface area (Å²) in [5.74, 6) is -1.72. The number of imide groups is 1. The Morgan fingerprint density at radius 2 is 1.73 bits per heavy atom. The molecule has 130 valence electrons. The molecule has 0 aromatic heterocycles. The summed E-state index contributed by atoms with van der Waals surface area (Å²) in [5.41, 5.74) is 1.42. The van der Waals surface area contributed by atoms with Crippen molar-refractivity contribution in [1.82, 2.24) is 4.90 Å². The van der Waals surface area contributed by atoms with Gasteiger partial charge in [-0.3, -0.25) is 19.3 Å². The maximum atomic E-state index is 13.2. The SMILES string of the molecule is O=C1[C@@H]2[C@@H](C[NH2+][C@@]23C(=O)Nc2ccccc23)C(=O)N1Cc1ccccc1. The van der Waals surface area contributed by atoms with Crippen molar-refractivity contribution in [3.05, 3.63) is 65.7 Å². The number of nitrogens with one attached hydrogen (secondary N) is 1. The van der Waals surface area contributed by atoms with Crippen molar-refractivity contribution in [2.75, 3.05) is 11.9 Å². The highest BCUT2D eigenvalue weighted by Gasteiger charge is 2.71. The van der Waals surface area contributed by atoms with E-state index in [-0.39, 0.29) is 24.3 Å². The van der Waals surface area contributed by atoms with E-state index in [1.807, 2.05) is 59.9 Å². The van der Waals surface area contributed by atoms with E-state index in [0.29, 0.717) is 6.54 Å². The molecule has 1 spiro atoms. The van der Waals surface area contributed by atoms with Gasteiger partial charge in [0.1, 0.15) is 11.8 Å². The minimum atomic E-state index is -1.03. The Balaban J connectivity index is 1.55. The van der Waals surface area contributed by atoms with Crippen molar-refractivity contribution >= 4 is 23.4 Å². The number of hydrogen-bond acceptors (Lipinski definition) is 3. The van der Waals surface area contributed by atoms with Gasteiger partial charge >= 0.3 is 0 Å². The average molecular weight is 348 g/mol. The molecule has 2 aromatic carbocycles. The summed E-state index contributed by atoms with van der Waals surface area (Å²) in [6.45, 7) is 0.702. The highest BCUT2D eigenvalue weighted by molar-refractivity contribution is 6.13. The Morgan fingerprint density at radius 3 is 2.54 bits per heavy atom. The predicted octanol–water partition coefficient (Wildman–Crippen LogP) is 0.212. The number of carbonyl (C=O) groups is 3. The molecule has 6 nitrogen and oxygen atoms in total. The smallest absolute Gasteiger partial charge is 0.291 e. The quantitative estimate of drug-likeness (QED) is 0.761. The van der Waals surface area contributed by atoms with Crippen LogP contribution in [0.25, 0.3) is 0 Å². The fraction of sp³-hybridized carbons (Fsp3) is 0.250. The molecule has 3 aliphatic rings. The highest BCUT2D eigenvalue weighted by atomic mass is 16.2. The van der Waals surface area contributed by atoms with Gasteiger partial charge in [0.2, 0.25) is 17.4 Å². The first-order valence-electron chi connectivity index (χ1n) is 8.77. The molecule has 3 amide bonds. The van der Waals surface area contributed by atoms with E-state index in [1.165, 1.54) is 4.90 Å². The number of fused-ring (bicyclic) bond motifs is 4. The van der Waals surface area contributed by atoms with Crippen LogP contribution in [0.15, 0.2) is 54.6 Å². The number of quaternary nitrogens is 1. The fourth-order valence-electron chi connectivity index (χ4n) is 4.71. The van der Waals surface area contributed by atoms with Gasteiger partial charge in [0, 0.05) is 5.56 Å². The molecule has 0 saturated carbocycles. The minimum Gasteiger partial charge on any atom is -0.328 e. The Kier molecular flexibility index (Phi) is 3.09. The van der Waals surface area contributed by atoms with Crippen LogP contribution in [0.1, 0.15) is 11.1 Å². The van der Waals surface area contributed by atoms with Gasteiger partial charge in [0.05, 0.1) is 18.8 Å². The lowest BCUT2D eigenvalue weighted by Crippen LogP contribution is -2.95. The zero-order valence-corrected chi connectivity index (χ0v) is 14.0. The standard InChI is InChI=1S/C20H17N3O3/c24-17-13-10-21-20(14-8-4-5-9-15(14)22-19(20)26)16(13)18(25)23(17)11-12-6-2-1-3-7-12/h1-9,13,16,21H,10-11H2,(H,22,26)/p+1/t13-,16+,20-/m1/s1. The van der Waals surface area contributed by atoms with E-state index in [2.05, 4.69) is 5.32 Å². The number of nitrogens with zero attached hydrogens (tertiary/aromatic N) is 1. The number of para-hydroxylation sites is 1. The first kappa shape index (κ1) is 15.3. The maximum absolute atomic E-state index is 13.2. The summed E-state index contributed by atoms with van der Waals surface area (Å²) < 4.78 is 0. The molecule has 3 atom stereocenters. The van der Waals surface area contributed by atoms with Gasteiger partial charge in [-0.15, -0.1) is 0 Å². The first-order valence-corrected chi connectivity index (χ1v) is 8.77. The molecule has 0 radical (unpaired) electrons. The molecule has 5 rings (SSSR count). The Morgan fingerprint density at radius 1 is 1.00 bits per heavy atom. The molecule has 3 heterocycles. The normalized spacial score (nSPS) is 29.2. The summed E-state index contributed by atoms with van der Waals surface area (Å²) in [7, 11) is 0. The third kappa shape index (κ3) is 1.82. The second-order valence-corrected chi connectivity index (χ2v) is 7.14. The number of nitrogens with two attached hydrogens (primary N) is 1. The molecule has 3 aliphatic heterocycles. The van der Waals surface area contributed by atoms with Crippen LogP contribution < -0.4 is 10.6 Å². The largest absolute Gasteiger partial charge is 0.328 e. The van der Waals surface area contributed by atoms with Crippen molar-refractivity contribution in [1.29, 1.82) is 0 Å². The molecule has 0 unspecified atom stereocenters. The lowest BCUT2D eigenvalue weighted by molar-refractivity contribution is -0.704. The number of rotatable bonds is 2. The zero-order valence-electron chi connectivity index (χ0n) is 14.0. The van der Waals surface area contributed by atoms with Crippen LogP contribution in [0, 0.1) is 11.8 Å². The Labute approximate surface area is 150 Å². The van der Waals surface area contributed by atoms with Gasteiger partial charge in [-0.2, -0.15) is 0 Å². The molecule has 6 heteroatoms. The lowest BCUT2D eigenvalue weighted by Gasteiger charge is -2.25. The van der Waals surface area contributed by atoms with E-state index in [4.69, 9.17) is 0 Å². The van der Waals surface area contributed by atoms with Crippen molar-refractivity contribution in [3.8, 4) is 0 Å². The molecule has 2 aromatic rings. The third-order valence-electron chi connectivity index (χ3n) is 5.88. The zero-order chi connectivity index (χ0) is 17.9. The topological polar surface area (TPSA) is 83.1 Å². The second kappa shape index (κ2) is 5.25. The van der Waals surface area contributed by atoms with Gasteiger partial charge in [0.25, 0.3) is 5.91 Å². The van der Waals surface area contributed by atoms with E-state index in [1.54, 1.807) is 0 Å². The number of benzene rings is 2. The Bertz CT molecular complexity index is 942. The van der Waals surface area contributed by atoms with Crippen molar-refractivity contribution in [2.45, 2.75) is 12.1 Å². The summed E-state index contributed by atoms with van der Waals surface area (Å²) >= 11 is 0. The Hall–Kier alpha value is -2.99. The van der Waals surface area contributed by atoms with E-state index in [0.717, 1.165) is 16.8 Å². The van der Waals surface area contributed by atoms with Gasteiger partial charge in [0.15, 0.2) is 0 Å². The van der Waals surface area contributed by atoms with Crippen LogP contribution in [0.5, 0.6) is 0 Å². The molecule has 0 aliphatic carbocycles. The fourth-order valence-corrected chi connectivity index (χ4v) is 4.71. The van der Waals surface area contributed by atoms with E-state index < -0.39 is 17.4 Å². The van der Waals surface area contributed by atoms with Crippen molar-refractivity contribution in [2.24, 2.45) is 11.8 Å². The van der Waals surface area contributed by atoms with E-state index in [9.17, 15) is 14.4 Å². The molecular weight excluding hydrogens is 330 g/mol. The molecule has 3 N–H and O–H groups in total. The maximum Gasteiger partial charge on any atom is 0.291 e. The predicted molar refractivity (Wildman–Crippen MR) is 92.5 cm³/mol. The summed E-state index contributed by atoms with van der Waals surface area (Å²) in [5, 5.41) is 4.76. The summed E-state index contributed by atoms with van der Waals surface area (Å²) in [4.78, 5) is 40.4. The highest BCUT2D eigenvalue weighted by Crippen LogP contribution is 2.47. The number of hydrogen-bond donors (Lipinski definition) is 2. The van der Waals surface area contributed by atoms with Crippen LogP contribution in [0.3, 0.4) is 0 Å². The number of carbonyl (C=O) groups excluding carboxylic acids is 3. The van der Waals surface area contributed by atoms with Crippen molar-refractivity contribution < 1.29 is 19.7 Å². The molecule has 0 bridgehead atoms. The number of anilines is 1. The third-order valence-corrected chi connectivity index (χ3v) is 5.88. The number of likely N-dealkylation sites (tertiary alicyclic amines) is 1. The second-order valence-electron chi connectivity index (χ2n) is 7.14. The van der Waals surface area contributed by atoms with Crippen LogP contribution in [-0.2, 0) is 26.5 Å². The van der Waals surface area contributed by atoms with Crippen LogP contribution in [0.2, 0.25) is 0 Å². The van der Waals surface area contributed by atoms with Gasteiger partial charge in [-0.1, -0.05) is 48.5 Å². The van der Waals surface area contributed by atoms with Gasteiger partial charge in [-0.05, 0) is 11.6 Å². The molecular formula is C20H18N3O3+. The first-order chi connectivity index (χ1) is 12.6. The number of amides is 3. The molecule has 2 fully saturated rings. The monoisotopic (exact) mass is 348 g/mol. The van der Waals surface area contributed by atoms with Crippen LogP contribution in [-0.4, -0.2) is 29.2 Å². The van der Waals surface area contributed by atoms with Gasteiger partial charge < -0.3 is 10.6 Å².